The van der Waals surface area contributed by atoms with Crippen LogP contribution in [0, 0.1) is 13.8 Å². The predicted molar refractivity (Wildman–Crippen MR) is 102 cm³/mol. The lowest BCUT2D eigenvalue weighted by Crippen LogP contribution is -2.47. The molecule has 6 nitrogen and oxygen atoms in total. The Labute approximate surface area is 155 Å². The number of phenolic OH excluding ortho intramolecular Hbond substituents is 1. The van der Waals surface area contributed by atoms with Gasteiger partial charge in [-0.1, -0.05) is 17.4 Å². The van der Waals surface area contributed by atoms with E-state index in [0.717, 1.165) is 22.4 Å². The maximum absolute atomic E-state index is 14.1. The number of hydrogen-bond donors (Lipinski definition) is 2. The molecule has 1 saturated heterocycles. The third kappa shape index (κ3) is 3.14. The van der Waals surface area contributed by atoms with Gasteiger partial charge >= 0.3 is 0 Å². The Morgan fingerprint density at radius 2 is 2.15 bits per heavy atom. The van der Waals surface area contributed by atoms with E-state index in [1.54, 1.807) is 10.7 Å². The minimum absolute atomic E-state index is 0.196. The highest BCUT2D eigenvalue weighted by atomic mass is 32.1. The molecule has 0 amide bonds. The lowest BCUT2D eigenvalue weighted by molar-refractivity contribution is 0.158. The van der Waals surface area contributed by atoms with Crippen molar-refractivity contribution < 1.29 is 9.50 Å². The summed E-state index contributed by atoms with van der Waals surface area (Å²) < 4.78 is 16.7. The number of likely N-dealkylation sites (tertiary alicyclic amines) is 1. The number of hydrogen-bond acceptors (Lipinski definition) is 6. The zero-order valence-electron chi connectivity index (χ0n) is 15.0. The number of aromatic hydroxyl groups is 1. The zero-order valence-corrected chi connectivity index (χ0v) is 15.8. The molecular formula is C18H22FN5OS. The molecule has 3 aromatic rings. The van der Waals surface area contributed by atoms with Crippen molar-refractivity contribution in [3.8, 4) is 11.4 Å². The van der Waals surface area contributed by atoms with Crippen LogP contribution in [0.3, 0.4) is 0 Å². The van der Waals surface area contributed by atoms with Crippen LogP contribution in [0.2, 0.25) is 0 Å². The van der Waals surface area contributed by atoms with Crippen LogP contribution < -0.4 is 5.32 Å². The molecule has 0 radical (unpaired) electrons. The number of rotatable bonds is 3. The van der Waals surface area contributed by atoms with Crippen LogP contribution in [-0.2, 0) is 0 Å². The van der Waals surface area contributed by atoms with Gasteiger partial charge in [0.05, 0.1) is 16.9 Å². The molecule has 2 atom stereocenters. The highest BCUT2D eigenvalue weighted by molar-refractivity contribution is 7.22. The Morgan fingerprint density at radius 3 is 2.88 bits per heavy atom. The second-order valence-electron chi connectivity index (χ2n) is 7.05. The molecule has 26 heavy (non-hydrogen) atoms. The topological polar surface area (TPSA) is 66.2 Å². The summed E-state index contributed by atoms with van der Waals surface area (Å²) in [6.07, 6.45) is 1.53. The summed E-state index contributed by atoms with van der Waals surface area (Å²) >= 11 is 1.45. The summed E-state index contributed by atoms with van der Waals surface area (Å²) in [4.78, 5) is 6.62. The molecule has 0 spiro atoms. The summed E-state index contributed by atoms with van der Waals surface area (Å²) in [6.45, 7) is 5.33. The Balaban J connectivity index is 1.60. The van der Waals surface area contributed by atoms with E-state index in [1.807, 2.05) is 33.2 Å². The lowest BCUT2D eigenvalue weighted by Gasteiger charge is -2.32. The number of aryl methyl sites for hydroxylation is 2. The maximum atomic E-state index is 14.1. The highest BCUT2D eigenvalue weighted by Gasteiger charge is 2.28. The van der Waals surface area contributed by atoms with E-state index in [2.05, 4.69) is 20.3 Å². The van der Waals surface area contributed by atoms with Crippen molar-refractivity contribution in [3.63, 3.8) is 0 Å². The first-order valence-electron chi connectivity index (χ1n) is 8.66. The van der Waals surface area contributed by atoms with Crippen LogP contribution in [0.1, 0.15) is 17.5 Å². The van der Waals surface area contributed by atoms with Gasteiger partial charge in [0.15, 0.2) is 10.8 Å². The number of anilines is 1. The van der Waals surface area contributed by atoms with Crippen LogP contribution in [0.4, 0.5) is 9.52 Å². The van der Waals surface area contributed by atoms with Crippen molar-refractivity contribution in [2.75, 3.05) is 25.5 Å². The van der Waals surface area contributed by atoms with Crippen molar-refractivity contribution in [1.82, 2.24) is 19.7 Å². The monoisotopic (exact) mass is 375 g/mol. The van der Waals surface area contributed by atoms with Crippen molar-refractivity contribution in [3.05, 3.63) is 29.5 Å². The van der Waals surface area contributed by atoms with Crippen LogP contribution in [0.15, 0.2) is 18.3 Å². The van der Waals surface area contributed by atoms with Crippen LogP contribution in [-0.4, -0.2) is 57.1 Å². The second kappa shape index (κ2) is 6.51. The largest absolute Gasteiger partial charge is 0.506 e. The van der Waals surface area contributed by atoms with Crippen molar-refractivity contribution in [1.29, 1.82) is 0 Å². The molecule has 1 aliphatic rings. The lowest BCUT2D eigenvalue weighted by atomic mass is 10.0. The Morgan fingerprint density at radius 1 is 1.35 bits per heavy atom. The number of alkyl halides is 1. The quantitative estimate of drug-likeness (QED) is 0.736. The molecule has 4 rings (SSSR count). The molecule has 1 aliphatic heterocycles. The van der Waals surface area contributed by atoms with Gasteiger partial charge in [-0.05, 0) is 44.5 Å². The molecule has 138 valence electrons. The first-order valence-corrected chi connectivity index (χ1v) is 9.48. The van der Waals surface area contributed by atoms with E-state index in [4.69, 9.17) is 0 Å². The fraction of sp³-hybridized carbons (Fsp3) is 0.444. The summed E-state index contributed by atoms with van der Waals surface area (Å²) in [5.41, 5.74) is 3.20. The summed E-state index contributed by atoms with van der Waals surface area (Å²) in [6, 6.07) is 3.48. The number of piperidine rings is 1. The summed E-state index contributed by atoms with van der Waals surface area (Å²) in [5, 5.41) is 18.7. The molecule has 1 aromatic carbocycles. The number of nitrogens with one attached hydrogen (secondary N) is 1. The molecule has 2 aromatic heterocycles. The standard InChI is InChI=1S/C18H22FN5OS/c1-10-6-11(2)16(14(25)7-10)24-9-15-17(22-24)21-18(26-15)20-13-8-23(3)5-4-12(13)19/h6-7,9,12-13,25H,4-5,8H2,1-3H3,(H,20,21,22). The van der Waals surface area contributed by atoms with Gasteiger partial charge in [0.2, 0.25) is 0 Å². The normalized spacial score (nSPS) is 21.4. The van der Waals surface area contributed by atoms with Crippen LogP contribution >= 0.6 is 11.3 Å². The van der Waals surface area contributed by atoms with E-state index >= 15 is 0 Å². The second-order valence-corrected chi connectivity index (χ2v) is 8.08. The minimum atomic E-state index is -0.866. The zero-order chi connectivity index (χ0) is 18.4. The Bertz CT molecular complexity index is 898. The predicted octanol–water partition coefficient (Wildman–Crippen LogP) is 3.26. The third-order valence-electron chi connectivity index (χ3n) is 4.77. The summed E-state index contributed by atoms with van der Waals surface area (Å²) in [5.74, 6) is 0.196. The van der Waals surface area contributed by atoms with Crippen molar-refractivity contribution in [2.45, 2.75) is 32.5 Å². The fourth-order valence-electron chi connectivity index (χ4n) is 3.51. The van der Waals surface area contributed by atoms with Gasteiger partial charge in [0, 0.05) is 13.1 Å². The number of likely N-dealkylation sites (N-methyl/N-ethyl adjacent to an activating group) is 1. The molecule has 2 N–H and O–H groups in total. The van der Waals surface area contributed by atoms with Gasteiger partial charge in [-0.2, -0.15) is 4.98 Å². The van der Waals surface area contributed by atoms with Gasteiger partial charge < -0.3 is 15.3 Å². The molecule has 8 heteroatoms. The van der Waals surface area contributed by atoms with Gasteiger partial charge in [-0.15, -0.1) is 5.10 Å². The molecule has 3 heterocycles. The van der Waals surface area contributed by atoms with Gasteiger partial charge in [-0.25, -0.2) is 9.07 Å². The molecule has 0 bridgehead atoms. The number of benzene rings is 1. The van der Waals surface area contributed by atoms with Crippen molar-refractivity contribution in [2.24, 2.45) is 0 Å². The van der Waals surface area contributed by atoms with Gasteiger partial charge in [0.1, 0.15) is 17.6 Å². The molecule has 0 saturated carbocycles. The first kappa shape index (κ1) is 17.2. The number of fused-ring (bicyclic) bond motifs is 1. The van der Waals surface area contributed by atoms with E-state index < -0.39 is 6.17 Å². The number of thiazole rings is 1. The molecule has 0 aliphatic carbocycles. The van der Waals surface area contributed by atoms with E-state index in [1.165, 1.54) is 11.3 Å². The molecule has 1 fully saturated rings. The highest BCUT2D eigenvalue weighted by Crippen LogP contribution is 2.31. The smallest absolute Gasteiger partial charge is 0.194 e. The number of aromatic nitrogens is 3. The third-order valence-corrected chi connectivity index (χ3v) is 5.68. The van der Waals surface area contributed by atoms with E-state index in [-0.39, 0.29) is 11.8 Å². The number of phenols is 1. The minimum Gasteiger partial charge on any atom is -0.506 e. The number of halogens is 1. The van der Waals surface area contributed by atoms with Crippen molar-refractivity contribution >= 4 is 26.8 Å². The Kier molecular flexibility index (Phi) is 4.32. The maximum Gasteiger partial charge on any atom is 0.194 e. The van der Waals surface area contributed by atoms with Gasteiger partial charge in [0.25, 0.3) is 0 Å². The van der Waals surface area contributed by atoms with E-state index in [0.29, 0.717) is 29.4 Å². The Hall–Kier alpha value is -2.19. The van der Waals surface area contributed by atoms with E-state index in [9.17, 15) is 9.50 Å². The molecular weight excluding hydrogens is 353 g/mol. The SMILES string of the molecule is Cc1cc(C)c(-n2cc3sc(NC4CN(C)CCC4F)nc3n2)c(O)c1. The average Bonchev–Trinajstić information content (AvgIpc) is 3.08. The summed E-state index contributed by atoms with van der Waals surface area (Å²) in [7, 11) is 2.00. The average molecular weight is 375 g/mol. The van der Waals surface area contributed by atoms with Crippen LogP contribution in [0.5, 0.6) is 5.75 Å². The fourth-order valence-corrected chi connectivity index (χ4v) is 4.40. The first-order chi connectivity index (χ1) is 12.4. The molecule has 2 unspecified atom stereocenters. The number of nitrogens with zero attached hydrogens (tertiary/aromatic N) is 4. The van der Waals surface area contributed by atoms with Crippen LogP contribution in [0.25, 0.3) is 16.0 Å². The van der Waals surface area contributed by atoms with Gasteiger partial charge in [-0.3, -0.25) is 0 Å².